The molecule has 2 aromatic carbocycles. The van der Waals surface area contributed by atoms with Crippen LogP contribution in [0.3, 0.4) is 0 Å². The van der Waals surface area contributed by atoms with Crippen molar-refractivity contribution in [3.8, 4) is 11.5 Å². The van der Waals surface area contributed by atoms with Crippen LogP contribution in [0.5, 0.6) is 11.5 Å². The summed E-state index contributed by atoms with van der Waals surface area (Å²) in [6, 6.07) is 10.4. The lowest BCUT2D eigenvalue weighted by atomic mass is 10.1. The highest BCUT2D eigenvalue weighted by Gasteiger charge is 2.30. The summed E-state index contributed by atoms with van der Waals surface area (Å²) in [5.74, 6) is 0.995. The summed E-state index contributed by atoms with van der Waals surface area (Å²) in [5.41, 5.74) is 0.536. The predicted molar refractivity (Wildman–Crippen MR) is 101 cm³/mol. The van der Waals surface area contributed by atoms with E-state index in [0.717, 1.165) is 17.7 Å². The van der Waals surface area contributed by atoms with E-state index in [1.54, 1.807) is 0 Å². The number of benzene rings is 2. The summed E-state index contributed by atoms with van der Waals surface area (Å²) in [6.07, 6.45) is -3.95. The smallest absolute Gasteiger partial charge is 0.416 e. The SMILES string of the molecule is CCOc1ccc(CCNC(=O)Cc2cccc(C(F)(F)F)c2)cc1OCC. The molecule has 4 nitrogen and oxygen atoms in total. The molecule has 1 amide bonds. The number of amides is 1. The molecule has 2 rings (SSSR count). The number of carbonyl (C=O) groups excluding carboxylic acids is 1. The Bertz CT molecular complexity index is 791. The third kappa shape index (κ3) is 6.48. The summed E-state index contributed by atoms with van der Waals surface area (Å²) >= 11 is 0. The Morgan fingerprint density at radius 3 is 2.36 bits per heavy atom. The quantitative estimate of drug-likeness (QED) is 0.685. The highest BCUT2D eigenvalue weighted by atomic mass is 19.4. The fraction of sp³-hybridized carbons (Fsp3) is 0.381. The van der Waals surface area contributed by atoms with Gasteiger partial charge < -0.3 is 14.8 Å². The Hall–Kier alpha value is -2.70. The second-order valence-corrected chi connectivity index (χ2v) is 6.12. The fourth-order valence-corrected chi connectivity index (χ4v) is 2.70. The first-order valence-electron chi connectivity index (χ1n) is 9.14. The minimum Gasteiger partial charge on any atom is -0.490 e. The van der Waals surface area contributed by atoms with Crippen LogP contribution in [0.2, 0.25) is 0 Å². The number of rotatable bonds is 9. The van der Waals surface area contributed by atoms with Crippen molar-refractivity contribution in [3.63, 3.8) is 0 Å². The van der Waals surface area contributed by atoms with Crippen molar-refractivity contribution < 1.29 is 27.4 Å². The van der Waals surface area contributed by atoms with Crippen LogP contribution in [0.4, 0.5) is 13.2 Å². The molecular formula is C21H24F3NO3. The molecule has 152 valence electrons. The van der Waals surface area contributed by atoms with E-state index in [2.05, 4.69) is 5.32 Å². The number of ether oxygens (including phenoxy) is 2. The van der Waals surface area contributed by atoms with Crippen LogP contribution in [0.1, 0.15) is 30.5 Å². The Morgan fingerprint density at radius 1 is 0.964 bits per heavy atom. The molecule has 0 atom stereocenters. The molecule has 0 aliphatic carbocycles. The molecule has 0 aliphatic rings. The van der Waals surface area contributed by atoms with Crippen molar-refractivity contribution in [2.75, 3.05) is 19.8 Å². The van der Waals surface area contributed by atoms with Crippen LogP contribution in [-0.2, 0) is 23.8 Å². The summed E-state index contributed by atoms with van der Waals surface area (Å²) < 4.78 is 49.3. The number of carbonyl (C=O) groups is 1. The van der Waals surface area contributed by atoms with Gasteiger partial charge >= 0.3 is 6.18 Å². The maximum atomic E-state index is 12.7. The van der Waals surface area contributed by atoms with E-state index < -0.39 is 11.7 Å². The normalized spacial score (nSPS) is 11.2. The van der Waals surface area contributed by atoms with Crippen LogP contribution >= 0.6 is 0 Å². The van der Waals surface area contributed by atoms with Crippen molar-refractivity contribution in [1.82, 2.24) is 5.32 Å². The van der Waals surface area contributed by atoms with E-state index in [-0.39, 0.29) is 12.3 Å². The van der Waals surface area contributed by atoms with Gasteiger partial charge in [-0.25, -0.2) is 0 Å². The lowest BCUT2D eigenvalue weighted by molar-refractivity contribution is -0.137. The van der Waals surface area contributed by atoms with E-state index in [4.69, 9.17) is 9.47 Å². The van der Waals surface area contributed by atoms with Crippen molar-refractivity contribution in [1.29, 1.82) is 0 Å². The van der Waals surface area contributed by atoms with E-state index in [0.29, 0.717) is 43.2 Å². The molecule has 28 heavy (non-hydrogen) atoms. The molecule has 0 spiro atoms. The molecule has 1 N–H and O–H groups in total. The topological polar surface area (TPSA) is 47.6 Å². The van der Waals surface area contributed by atoms with Gasteiger partial charge in [0.1, 0.15) is 0 Å². The predicted octanol–water partition coefficient (Wildman–Crippen LogP) is 4.40. The molecule has 0 radical (unpaired) electrons. The Labute approximate surface area is 162 Å². The molecule has 0 heterocycles. The maximum Gasteiger partial charge on any atom is 0.416 e. The zero-order valence-corrected chi connectivity index (χ0v) is 15.9. The zero-order valence-electron chi connectivity index (χ0n) is 15.9. The van der Waals surface area contributed by atoms with Crippen LogP contribution in [0.25, 0.3) is 0 Å². The number of alkyl halides is 3. The molecule has 0 unspecified atom stereocenters. The monoisotopic (exact) mass is 395 g/mol. The third-order valence-corrected chi connectivity index (χ3v) is 3.96. The standard InChI is InChI=1S/C21H24F3NO3/c1-3-27-18-9-8-15(13-19(18)28-4-2)10-11-25-20(26)14-16-6-5-7-17(12-16)21(22,23)24/h5-9,12-13H,3-4,10-11,14H2,1-2H3,(H,25,26). The van der Waals surface area contributed by atoms with Crippen molar-refractivity contribution in [2.24, 2.45) is 0 Å². The molecule has 2 aromatic rings. The number of nitrogens with one attached hydrogen (secondary N) is 1. The first-order valence-corrected chi connectivity index (χ1v) is 9.14. The fourth-order valence-electron chi connectivity index (χ4n) is 2.70. The summed E-state index contributed by atoms with van der Waals surface area (Å²) in [7, 11) is 0. The maximum absolute atomic E-state index is 12.7. The number of hydrogen-bond donors (Lipinski definition) is 1. The van der Waals surface area contributed by atoms with Gasteiger partial charge in [0.25, 0.3) is 0 Å². The van der Waals surface area contributed by atoms with Gasteiger partial charge in [-0.2, -0.15) is 13.2 Å². The Balaban J connectivity index is 1.89. The van der Waals surface area contributed by atoms with Gasteiger partial charge in [-0.3, -0.25) is 4.79 Å². The van der Waals surface area contributed by atoms with Crippen molar-refractivity contribution in [3.05, 3.63) is 59.2 Å². The average molecular weight is 395 g/mol. The van der Waals surface area contributed by atoms with Crippen LogP contribution in [0, 0.1) is 0 Å². The molecule has 0 fully saturated rings. The van der Waals surface area contributed by atoms with E-state index in [1.165, 1.54) is 12.1 Å². The van der Waals surface area contributed by atoms with Crippen LogP contribution < -0.4 is 14.8 Å². The second-order valence-electron chi connectivity index (χ2n) is 6.12. The van der Waals surface area contributed by atoms with Crippen LogP contribution in [-0.4, -0.2) is 25.7 Å². The van der Waals surface area contributed by atoms with Gasteiger partial charge in [0.15, 0.2) is 11.5 Å². The average Bonchev–Trinajstić information content (AvgIpc) is 2.63. The summed E-state index contributed by atoms with van der Waals surface area (Å²) in [5, 5.41) is 2.74. The first kappa shape index (κ1) is 21.6. The number of halogens is 3. The minimum absolute atomic E-state index is 0.0998. The van der Waals surface area contributed by atoms with E-state index >= 15 is 0 Å². The van der Waals surface area contributed by atoms with Crippen molar-refractivity contribution >= 4 is 5.91 Å². The molecule has 7 heteroatoms. The molecule has 0 aromatic heterocycles. The largest absolute Gasteiger partial charge is 0.490 e. The summed E-state index contributed by atoms with van der Waals surface area (Å²) in [4.78, 5) is 12.0. The van der Waals surface area contributed by atoms with Gasteiger partial charge in [-0.1, -0.05) is 24.3 Å². The zero-order chi connectivity index (χ0) is 20.6. The molecule has 0 saturated heterocycles. The molecular weight excluding hydrogens is 371 g/mol. The highest BCUT2D eigenvalue weighted by molar-refractivity contribution is 5.78. The third-order valence-electron chi connectivity index (χ3n) is 3.96. The van der Waals surface area contributed by atoms with Gasteiger partial charge in [-0.05, 0) is 49.6 Å². The molecule has 0 saturated carbocycles. The lowest BCUT2D eigenvalue weighted by Gasteiger charge is -2.13. The first-order chi connectivity index (χ1) is 13.3. The Morgan fingerprint density at radius 2 is 1.68 bits per heavy atom. The second kappa shape index (κ2) is 10.0. The van der Waals surface area contributed by atoms with Gasteiger partial charge in [-0.15, -0.1) is 0 Å². The lowest BCUT2D eigenvalue weighted by Crippen LogP contribution is -2.27. The highest BCUT2D eigenvalue weighted by Crippen LogP contribution is 2.30. The van der Waals surface area contributed by atoms with Gasteiger partial charge in [0, 0.05) is 6.54 Å². The molecule has 0 aliphatic heterocycles. The van der Waals surface area contributed by atoms with Gasteiger partial charge in [0.2, 0.25) is 5.91 Å². The van der Waals surface area contributed by atoms with E-state index in [1.807, 2.05) is 32.0 Å². The minimum atomic E-state index is -4.42. The summed E-state index contributed by atoms with van der Waals surface area (Å²) in [6.45, 7) is 5.19. The Kier molecular flexibility index (Phi) is 7.72. The van der Waals surface area contributed by atoms with Crippen molar-refractivity contribution in [2.45, 2.75) is 32.9 Å². The van der Waals surface area contributed by atoms with Gasteiger partial charge in [0.05, 0.1) is 25.2 Å². The number of hydrogen-bond acceptors (Lipinski definition) is 3. The van der Waals surface area contributed by atoms with E-state index in [9.17, 15) is 18.0 Å². The van der Waals surface area contributed by atoms with Crippen LogP contribution in [0.15, 0.2) is 42.5 Å². The molecule has 0 bridgehead atoms.